The number of hydrogen-bond donors (Lipinski definition) is 0. The molecule has 0 radical (unpaired) electrons. The summed E-state index contributed by atoms with van der Waals surface area (Å²) in [4.78, 5) is 34.8. The second-order valence-electron chi connectivity index (χ2n) is 6.79. The van der Waals surface area contributed by atoms with E-state index in [2.05, 4.69) is 9.97 Å². The van der Waals surface area contributed by atoms with Gasteiger partial charge in [0.25, 0.3) is 5.56 Å². The van der Waals surface area contributed by atoms with Gasteiger partial charge in [-0.15, -0.1) is 0 Å². The molecule has 0 bridgehead atoms. The molecular formula is C22H19ClN4O4. The number of methoxy groups -OCH3 is 2. The minimum Gasteiger partial charge on any atom is -0.497 e. The number of benzene rings is 2. The van der Waals surface area contributed by atoms with E-state index in [9.17, 15) is 9.59 Å². The highest BCUT2D eigenvalue weighted by molar-refractivity contribution is 6.30. The van der Waals surface area contributed by atoms with Crippen LogP contribution in [0.4, 0.5) is 0 Å². The van der Waals surface area contributed by atoms with E-state index in [4.69, 9.17) is 21.1 Å². The van der Waals surface area contributed by atoms with E-state index < -0.39 is 11.2 Å². The molecular weight excluding hydrogens is 420 g/mol. The molecule has 9 heteroatoms. The van der Waals surface area contributed by atoms with E-state index in [1.807, 2.05) is 0 Å². The highest BCUT2D eigenvalue weighted by atomic mass is 35.5. The van der Waals surface area contributed by atoms with Crippen molar-refractivity contribution in [1.82, 2.24) is 19.1 Å². The zero-order valence-electron chi connectivity index (χ0n) is 16.9. The quantitative estimate of drug-likeness (QED) is 0.460. The lowest BCUT2D eigenvalue weighted by atomic mass is 10.2. The topological polar surface area (TPSA) is 88.2 Å². The SMILES string of the molecule is COc1ccc(Cn2c(=O)n(Cc3ccc(Cl)cc3)c(=O)c3nccnc32)c(OC)c1. The lowest BCUT2D eigenvalue weighted by Gasteiger charge is -2.15. The lowest BCUT2D eigenvalue weighted by Crippen LogP contribution is -2.41. The summed E-state index contributed by atoms with van der Waals surface area (Å²) in [7, 11) is 3.11. The number of nitrogens with zero attached hydrogens (tertiary/aromatic N) is 4. The van der Waals surface area contributed by atoms with Crippen molar-refractivity contribution in [3.05, 3.63) is 91.8 Å². The van der Waals surface area contributed by atoms with Gasteiger partial charge in [0.1, 0.15) is 11.5 Å². The number of halogens is 1. The van der Waals surface area contributed by atoms with Crippen LogP contribution in [0.25, 0.3) is 11.2 Å². The molecule has 158 valence electrons. The first-order chi connectivity index (χ1) is 15.0. The Morgan fingerprint density at radius 2 is 1.65 bits per heavy atom. The molecule has 0 atom stereocenters. The van der Waals surface area contributed by atoms with E-state index in [1.165, 1.54) is 17.0 Å². The first kappa shape index (κ1) is 20.6. The van der Waals surface area contributed by atoms with E-state index in [1.54, 1.807) is 56.7 Å². The van der Waals surface area contributed by atoms with Crippen LogP contribution in [0.15, 0.2) is 64.4 Å². The van der Waals surface area contributed by atoms with Gasteiger partial charge < -0.3 is 9.47 Å². The minimum absolute atomic E-state index is 0.0844. The zero-order chi connectivity index (χ0) is 22.0. The molecule has 8 nitrogen and oxygen atoms in total. The fourth-order valence-corrected chi connectivity index (χ4v) is 3.46. The maximum Gasteiger partial charge on any atom is 0.333 e. The Hall–Kier alpha value is -3.65. The smallest absolute Gasteiger partial charge is 0.333 e. The van der Waals surface area contributed by atoms with E-state index in [0.29, 0.717) is 16.5 Å². The number of aromatic nitrogens is 4. The lowest BCUT2D eigenvalue weighted by molar-refractivity contribution is 0.390. The second-order valence-corrected chi connectivity index (χ2v) is 7.23. The van der Waals surface area contributed by atoms with Crippen molar-refractivity contribution in [2.24, 2.45) is 0 Å². The Morgan fingerprint density at radius 3 is 2.35 bits per heavy atom. The number of rotatable bonds is 6. The largest absolute Gasteiger partial charge is 0.497 e. The van der Waals surface area contributed by atoms with Crippen LogP contribution in [0.3, 0.4) is 0 Å². The van der Waals surface area contributed by atoms with Gasteiger partial charge >= 0.3 is 5.69 Å². The molecule has 0 aliphatic carbocycles. The van der Waals surface area contributed by atoms with Crippen LogP contribution in [0.1, 0.15) is 11.1 Å². The molecule has 0 spiro atoms. The van der Waals surface area contributed by atoms with E-state index in [0.717, 1.165) is 15.7 Å². The van der Waals surface area contributed by atoms with Gasteiger partial charge in [-0.05, 0) is 29.8 Å². The number of hydrogen-bond acceptors (Lipinski definition) is 6. The molecule has 2 heterocycles. The molecule has 31 heavy (non-hydrogen) atoms. The molecule has 4 rings (SSSR count). The molecule has 2 aromatic carbocycles. The maximum atomic E-state index is 13.4. The van der Waals surface area contributed by atoms with Crippen LogP contribution in [0, 0.1) is 0 Å². The Bertz CT molecular complexity index is 1360. The van der Waals surface area contributed by atoms with Gasteiger partial charge in [-0.25, -0.2) is 14.8 Å². The highest BCUT2D eigenvalue weighted by Crippen LogP contribution is 2.25. The summed E-state index contributed by atoms with van der Waals surface area (Å²) in [6.45, 7) is 0.225. The van der Waals surface area contributed by atoms with Crippen LogP contribution >= 0.6 is 11.6 Å². The predicted molar refractivity (Wildman–Crippen MR) is 117 cm³/mol. The van der Waals surface area contributed by atoms with Crippen LogP contribution in [0.5, 0.6) is 11.5 Å². The first-order valence-corrected chi connectivity index (χ1v) is 9.79. The van der Waals surface area contributed by atoms with Crippen LogP contribution in [0.2, 0.25) is 5.02 Å². The predicted octanol–water partition coefficient (Wildman–Crippen LogP) is 2.72. The molecule has 0 amide bonds. The number of ether oxygens (including phenoxy) is 2. The first-order valence-electron chi connectivity index (χ1n) is 9.41. The van der Waals surface area contributed by atoms with Crippen molar-refractivity contribution in [1.29, 1.82) is 0 Å². The molecule has 2 aromatic heterocycles. The third kappa shape index (κ3) is 4.02. The van der Waals surface area contributed by atoms with E-state index in [-0.39, 0.29) is 24.3 Å². The van der Waals surface area contributed by atoms with Crippen LogP contribution < -0.4 is 20.7 Å². The van der Waals surface area contributed by atoms with E-state index >= 15 is 0 Å². The molecule has 0 aliphatic heterocycles. The van der Waals surface area contributed by atoms with Gasteiger partial charge in [0.2, 0.25) is 0 Å². The van der Waals surface area contributed by atoms with Crippen LogP contribution in [-0.2, 0) is 13.1 Å². The normalized spacial score (nSPS) is 10.9. The third-order valence-corrected chi connectivity index (χ3v) is 5.17. The van der Waals surface area contributed by atoms with Gasteiger partial charge in [0.15, 0.2) is 11.2 Å². The standard InChI is InChI=1S/C22H19ClN4O4/c1-30-17-8-5-15(18(11-17)31-2)13-26-20-19(24-9-10-25-20)21(28)27(22(26)29)12-14-3-6-16(23)7-4-14/h3-11H,12-13H2,1-2H3. The van der Waals surface area contributed by atoms with Crippen molar-refractivity contribution in [2.45, 2.75) is 13.1 Å². The fourth-order valence-electron chi connectivity index (χ4n) is 3.34. The molecule has 0 saturated heterocycles. The van der Waals surface area contributed by atoms with Gasteiger partial charge in [0, 0.05) is 29.0 Å². The Labute approximate surface area is 182 Å². The van der Waals surface area contributed by atoms with Crippen molar-refractivity contribution in [3.63, 3.8) is 0 Å². The highest BCUT2D eigenvalue weighted by Gasteiger charge is 2.17. The third-order valence-electron chi connectivity index (χ3n) is 4.92. The Balaban J connectivity index is 1.88. The number of fused-ring (bicyclic) bond motifs is 1. The van der Waals surface area contributed by atoms with Gasteiger partial charge in [-0.3, -0.25) is 13.9 Å². The molecule has 0 N–H and O–H groups in total. The van der Waals surface area contributed by atoms with Crippen molar-refractivity contribution < 1.29 is 9.47 Å². The second kappa shape index (κ2) is 8.61. The monoisotopic (exact) mass is 438 g/mol. The minimum atomic E-state index is -0.499. The molecule has 0 unspecified atom stereocenters. The summed E-state index contributed by atoms with van der Waals surface area (Å²) < 4.78 is 13.3. The maximum absolute atomic E-state index is 13.4. The van der Waals surface area contributed by atoms with Gasteiger partial charge in [-0.2, -0.15) is 0 Å². The Kier molecular flexibility index (Phi) is 5.73. The summed E-state index contributed by atoms with van der Waals surface area (Å²) in [6, 6.07) is 12.3. The van der Waals surface area contributed by atoms with Crippen molar-refractivity contribution in [2.75, 3.05) is 14.2 Å². The average molecular weight is 439 g/mol. The summed E-state index contributed by atoms with van der Waals surface area (Å²) in [5.74, 6) is 1.18. The van der Waals surface area contributed by atoms with Crippen molar-refractivity contribution >= 4 is 22.8 Å². The van der Waals surface area contributed by atoms with Gasteiger partial charge in [0.05, 0.1) is 27.3 Å². The average Bonchev–Trinajstić information content (AvgIpc) is 2.80. The van der Waals surface area contributed by atoms with Crippen LogP contribution in [-0.4, -0.2) is 33.3 Å². The summed E-state index contributed by atoms with van der Waals surface area (Å²) >= 11 is 5.95. The molecule has 0 saturated carbocycles. The zero-order valence-corrected chi connectivity index (χ0v) is 17.7. The summed E-state index contributed by atoms with van der Waals surface area (Å²) in [5.41, 5.74) is 0.826. The summed E-state index contributed by atoms with van der Waals surface area (Å²) in [6.07, 6.45) is 2.88. The molecule has 0 fully saturated rings. The fraction of sp³-hybridized carbons (Fsp3) is 0.182. The summed E-state index contributed by atoms with van der Waals surface area (Å²) in [5, 5.41) is 0.574. The van der Waals surface area contributed by atoms with Gasteiger partial charge in [-0.1, -0.05) is 23.7 Å². The molecule has 0 aliphatic rings. The molecule has 4 aromatic rings. The Morgan fingerprint density at radius 1 is 0.903 bits per heavy atom. The van der Waals surface area contributed by atoms with Crippen molar-refractivity contribution in [3.8, 4) is 11.5 Å².